The van der Waals surface area contributed by atoms with Crippen LogP contribution in [-0.2, 0) is 28.5 Å². The van der Waals surface area contributed by atoms with Crippen LogP contribution in [0.4, 0.5) is 9.59 Å². The van der Waals surface area contributed by atoms with Crippen molar-refractivity contribution in [2.75, 3.05) is 24.7 Å². The molecule has 0 radical (unpaired) electrons. The molecular weight excluding hydrogens is 749 g/mol. The topological polar surface area (TPSA) is 129 Å². The summed E-state index contributed by atoms with van der Waals surface area (Å²) in [5, 5.41) is 5.38. The van der Waals surface area contributed by atoms with Gasteiger partial charge >= 0.3 is 24.1 Å². The Kier molecular flexibility index (Phi) is 12.7. The minimum atomic E-state index is -1.06. The molecular formula is C44H48N2O8S2. The third-order valence-corrected chi connectivity index (χ3v) is 11.6. The first-order valence-corrected chi connectivity index (χ1v) is 21.1. The van der Waals surface area contributed by atoms with E-state index in [1.165, 1.54) is 21.6 Å². The second kappa shape index (κ2) is 17.5. The van der Waals surface area contributed by atoms with Gasteiger partial charge in [0.05, 0.1) is 0 Å². The number of alkyl carbamates (subject to hydrolysis) is 2. The van der Waals surface area contributed by atoms with Crippen LogP contribution in [0.3, 0.4) is 0 Å². The van der Waals surface area contributed by atoms with Crippen LogP contribution in [0, 0.1) is 0 Å². The maximum Gasteiger partial charge on any atom is 0.407 e. The average molecular weight is 797 g/mol. The Balaban J connectivity index is 1.06. The number of fused-ring (bicyclic) bond motifs is 6. The molecule has 56 heavy (non-hydrogen) atoms. The summed E-state index contributed by atoms with van der Waals surface area (Å²) in [5.41, 5.74) is 7.11. The standard InChI is InChI=1S/C44H48N2O8S2/c1-43(2,3)53-39(47)37(45-41(49)51-23-35-31-19-11-7-15-27(31)28-16-8-12-20-32(28)35)25-55-56-26-38(40(48)54-44(4,5)6)46-42(50)52-24-36-33-21-13-9-17-29(33)30-18-10-14-22-34(30)36/h7-22,35-38H,23-26H2,1-6H3,(H,45,49)(H,46,50)/t37-,38-/m0/s1. The first-order chi connectivity index (χ1) is 26.7. The zero-order chi connectivity index (χ0) is 40.0. The number of hydrogen-bond acceptors (Lipinski definition) is 10. The molecule has 4 aromatic rings. The Morgan fingerprint density at radius 1 is 0.518 bits per heavy atom. The van der Waals surface area contributed by atoms with Gasteiger partial charge in [0.15, 0.2) is 0 Å². The van der Waals surface area contributed by atoms with Crippen LogP contribution < -0.4 is 10.6 Å². The molecule has 0 fully saturated rings. The normalized spacial score (nSPS) is 14.3. The lowest BCUT2D eigenvalue weighted by atomic mass is 9.98. The monoisotopic (exact) mass is 796 g/mol. The van der Waals surface area contributed by atoms with Crippen molar-refractivity contribution in [1.29, 1.82) is 0 Å². The van der Waals surface area contributed by atoms with Gasteiger partial charge in [-0.05, 0) is 86.1 Å². The number of amides is 2. The molecule has 0 aromatic heterocycles. The number of esters is 2. The van der Waals surface area contributed by atoms with Gasteiger partial charge in [-0.15, -0.1) is 0 Å². The van der Waals surface area contributed by atoms with Crippen molar-refractivity contribution in [1.82, 2.24) is 10.6 Å². The molecule has 2 amide bonds. The summed E-state index contributed by atoms with van der Waals surface area (Å²) in [4.78, 5) is 53.0. The zero-order valence-corrected chi connectivity index (χ0v) is 34.1. The minimum Gasteiger partial charge on any atom is -0.458 e. The summed E-state index contributed by atoms with van der Waals surface area (Å²) < 4.78 is 22.7. The van der Waals surface area contributed by atoms with Crippen molar-refractivity contribution >= 4 is 45.7 Å². The largest absolute Gasteiger partial charge is 0.458 e. The lowest BCUT2D eigenvalue weighted by Gasteiger charge is -2.25. The lowest BCUT2D eigenvalue weighted by Crippen LogP contribution is -2.46. The van der Waals surface area contributed by atoms with Gasteiger partial charge < -0.3 is 29.6 Å². The highest BCUT2D eigenvalue weighted by atomic mass is 33.1. The molecule has 0 saturated carbocycles. The molecule has 0 spiro atoms. The van der Waals surface area contributed by atoms with E-state index in [1.807, 2.05) is 72.8 Å². The molecule has 0 heterocycles. The van der Waals surface area contributed by atoms with Gasteiger partial charge in [-0.3, -0.25) is 0 Å². The molecule has 6 rings (SSSR count). The van der Waals surface area contributed by atoms with Crippen molar-refractivity contribution in [3.05, 3.63) is 119 Å². The lowest BCUT2D eigenvalue weighted by molar-refractivity contribution is -0.157. The van der Waals surface area contributed by atoms with Gasteiger partial charge in [-0.2, -0.15) is 0 Å². The van der Waals surface area contributed by atoms with Crippen LogP contribution in [0.2, 0.25) is 0 Å². The highest BCUT2D eigenvalue weighted by Crippen LogP contribution is 2.45. The first kappa shape index (κ1) is 40.7. The number of ether oxygens (including phenoxy) is 4. The minimum absolute atomic E-state index is 0.0852. The van der Waals surface area contributed by atoms with Crippen LogP contribution in [0.25, 0.3) is 22.3 Å². The molecule has 12 heteroatoms. The predicted molar refractivity (Wildman–Crippen MR) is 221 cm³/mol. The fourth-order valence-corrected chi connectivity index (χ4v) is 9.18. The fraction of sp³-hybridized carbons (Fsp3) is 0.364. The SMILES string of the molecule is CC(C)(C)OC(=O)[C@H](CSSC[C@H](NC(=O)OCC1c2ccccc2-c2ccccc21)C(=O)OC(C)(C)C)NC(=O)OCC1c2ccccc2-c2ccccc21. The Morgan fingerprint density at radius 2 is 0.804 bits per heavy atom. The summed E-state index contributed by atoms with van der Waals surface area (Å²) >= 11 is 0. The van der Waals surface area contributed by atoms with Gasteiger partial charge in [0, 0.05) is 23.3 Å². The van der Waals surface area contributed by atoms with E-state index in [0.717, 1.165) is 44.5 Å². The third kappa shape index (κ3) is 10.1. The molecule has 4 aromatic carbocycles. The number of rotatable bonds is 13. The first-order valence-electron chi connectivity index (χ1n) is 18.6. The quantitative estimate of drug-likeness (QED) is 0.0586. The van der Waals surface area contributed by atoms with Crippen molar-refractivity contribution in [2.45, 2.75) is 76.7 Å². The number of nitrogens with one attached hydrogen (secondary N) is 2. The van der Waals surface area contributed by atoms with Gasteiger partial charge in [0.25, 0.3) is 0 Å². The van der Waals surface area contributed by atoms with E-state index < -0.39 is 47.4 Å². The molecule has 294 valence electrons. The number of carbonyl (C=O) groups is 4. The van der Waals surface area contributed by atoms with Crippen LogP contribution in [0.15, 0.2) is 97.1 Å². The van der Waals surface area contributed by atoms with Crippen LogP contribution in [0.5, 0.6) is 0 Å². The van der Waals surface area contributed by atoms with Crippen LogP contribution in [-0.4, -0.2) is 72.1 Å². The Labute approximate surface area is 336 Å². The Bertz CT molecular complexity index is 1840. The van der Waals surface area contributed by atoms with Crippen molar-refractivity contribution in [3.63, 3.8) is 0 Å². The molecule has 2 aliphatic rings. The summed E-state index contributed by atoms with van der Waals surface area (Å²) in [7, 11) is 2.47. The molecule has 2 N–H and O–H groups in total. The third-order valence-electron chi connectivity index (χ3n) is 9.21. The molecule has 10 nitrogen and oxygen atoms in total. The summed E-state index contributed by atoms with van der Waals surface area (Å²) in [5.74, 6) is -1.36. The molecule has 0 saturated heterocycles. The van der Waals surface area contributed by atoms with Crippen molar-refractivity contribution in [2.24, 2.45) is 0 Å². The van der Waals surface area contributed by atoms with Crippen molar-refractivity contribution < 1.29 is 38.1 Å². The molecule has 0 bridgehead atoms. The molecule has 2 atom stereocenters. The van der Waals surface area contributed by atoms with E-state index in [1.54, 1.807) is 41.5 Å². The maximum atomic E-state index is 13.3. The fourth-order valence-electron chi connectivity index (χ4n) is 6.88. The van der Waals surface area contributed by atoms with Crippen LogP contribution >= 0.6 is 21.6 Å². The van der Waals surface area contributed by atoms with E-state index in [4.69, 9.17) is 18.9 Å². The van der Waals surface area contributed by atoms with E-state index in [2.05, 4.69) is 34.9 Å². The molecule has 0 aliphatic heterocycles. The van der Waals surface area contributed by atoms with Gasteiger partial charge in [0.1, 0.15) is 36.5 Å². The van der Waals surface area contributed by atoms with E-state index >= 15 is 0 Å². The van der Waals surface area contributed by atoms with Gasteiger partial charge in [-0.25, -0.2) is 19.2 Å². The van der Waals surface area contributed by atoms with Gasteiger partial charge in [0.2, 0.25) is 0 Å². The van der Waals surface area contributed by atoms with E-state index in [-0.39, 0.29) is 36.6 Å². The maximum absolute atomic E-state index is 13.3. The highest BCUT2D eigenvalue weighted by molar-refractivity contribution is 8.76. The number of hydrogen-bond donors (Lipinski definition) is 2. The van der Waals surface area contributed by atoms with Crippen LogP contribution in [0.1, 0.15) is 75.6 Å². The molecule has 2 aliphatic carbocycles. The molecule has 0 unspecified atom stereocenters. The second-order valence-electron chi connectivity index (χ2n) is 15.7. The Hall–Kier alpha value is -4.94. The Morgan fingerprint density at radius 3 is 1.09 bits per heavy atom. The summed E-state index contributed by atoms with van der Waals surface area (Å²) in [6.07, 6.45) is -1.51. The second-order valence-corrected chi connectivity index (χ2v) is 18.2. The van der Waals surface area contributed by atoms with E-state index in [9.17, 15) is 19.2 Å². The summed E-state index contributed by atoms with van der Waals surface area (Å²) in [6.45, 7) is 10.7. The predicted octanol–water partition coefficient (Wildman–Crippen LogP) is 8.87. The summed E-state index contributed by atoms with van der Waals surface area (Å²) in [6, 6.07) is 30.0. The number of carbonyl (C=O) groups excluding carboxylic acids is 4. The van der Waals surface area contributed by atoms with E-state index in [0.29, 0.717) is 0 Å². The number of benzene rings is 4. The average Bonchev–Trinajstić information content (AvgIpc) is 3.64. The highest BCUT2D eigenvalue weighted by Gasteiger charge is 2.33. The van der Waals surface area contributed by atoms with Gasteiger partial charge in [-0.1, -0.05) is 119 Å². The zero-order valence-electron chi connectivity index (χ0n) is 32.5. The van der Waals surface area contributed by atoms with Crippen molar-refractivity contribution in [3.8, 4) is 22.3 Å². The smallest absolute Gasteiger partial charge is 0.407 e.